The van der Waals surface area contributed by atoms with Gasteiger partial charge in [0.15, 0.2) is 0 Å². The summed E-state index contributed by atoms with van der Waals surface area (Å²) in [7, 11) is 0. The van der Waals surface area contributed by atoms with E-state index in [0.717, 1.165) is 11.1 Å². The quantitative estimate of drug-likeness (QED) is 0.600. The highest BCUT2D eigenvalue weighted by Crippen LogP contribution is 2.17. The van der Waals surface area contributed by atoms with Gasteiger partial charge in [0.25, 0.3) is 0 Å². The van der Waals surface area contributed by atoms with Crippen molar-refractivity contribution in [3.63, 3.8) is 0 Å². The van der Waals surface area contributed by atoms with Crippen LogP contribution in [0.1, 0.15) is 30.4 Å². The van der Waals surface area contributed by atoms with Crippen molar-refractivity contribution in [2.45, 2.75) is 26.2 Å². The maximum Gasteiger partial charge on any atom is 0.303 e. The van der Waals surface area contributed by atoms with E-state index in [1.165, 1.54) is 6.08 Å². The van der Waals surface area contributed by atoms with Crippen molar-refractivity contribution in [3.05, 3.63) is 40.4 Å². The lowest BCUT2D eigenvalue weighted by atomic mass is 10.1. The van der Waals surface area contributed by atoms with E-state index < -0.39 is 5.97 Å². The Balaban J connectivity index is 2.32. The van der Waals surface area contributed by atoms with Crippen molar-refractivity contribution in [1.82, 2.24) is 5.32 Å². The number of carboxylic acid groups (broad SMARTS) is 1. The lowest BCUT2D eigenvalue weighted by Gasteiger charge is -2.01. The lowest BCUT2D eigenvalue weighted by molar-refractivity contribution is -0.137. The fraction of sp³-hybridized carbons (Fsp3) is 0.333. The molecule has 0 aromatic heterocycles. The first-order chi connectivity index (χ1) is 9.49. The Morgan fingerprint density at radius 3 is 2.75 bits per heavy atom. The zero-order chi connectivity index (χ0) is 15.0. The van der Waals surface area contributed by atoms with Crippen LogP contribution in [0.25, 0.3) is 6.08 Å². The standard InChI is InChI=1S/C15H18ClNO3/c1-11-5-6-12(10-13(11)16)7-8-14(18)17-9-3-2-4-15(19)20/h5-8,10H,2-4,9H2,1H3,(H,17,18)(H,19,20). The van der Waals surface area contributed by atoms with E-state index >= 15 is 0 Å². The molecule has 0 spiro atoms. The average molecular weight is 296 g/mol. The SMILES string of the molecule is Cc1ccc(C=CC(=O)NCCCCC(=O)O)cc1Cl. The number of nitrogens with one attached hydrogen (secondary N) is 1. The van der Waals surface area contributed by atoms with E-state index in [-0.39, 0.29) is 12.3 Å². The number of rotatable bonds is 7. The Morgan fingerprint density at radius 2 is 2.10 bits per heavy atom. The molecule has 108 valence electrons. The molecule has 0 saturated heterocycles. The molecule has 0 aliphatic heterocycles. The molecular weight excluding hydrogens is 278 g/mol. The summed E-state index contributed by atoms with van der Waals surface area (Å²) >= 11 is 5.99. The topological polar surface area (TPSA) is 66.4 Å². The van der Waals surface area contributed by atoms with Gasteiger partial charge in [-0.1, -0.05) is 23.7 Å². The molecule has 20 heavy (non-hydrogen) atoms. The molecule has 0 heterocycles. The summed E-state index contributed by atoms with van der Waals surface area (Å²) in [6.45, 7) is 2.39. The fourth-order valence-corrected chi connectivity index (χ4v) is 1.75. The molecule has 1 aromatic rings. The summed E-state index contributed by atoms with van der Waals surface area (Å²) in [5.74, 6) is -1.01. The van der Waals surface area contributed by atoms with E-state index in [9.17, 15) is 9.59 Å². The number of amides is 1. The smallest absolute Gasteiger partial charge is 0.303 e. The number of aryl methyl sites for hydroxylation is 1. The summed E-state index contributed by atoms with van der Waals surface area (Å²) in [4.78, 5) is 21.8. The highest BCUT2D eigenvalue weighted by atomic mass is 35.5. The number of unbranched alkanes of at least 4 members (excludes halogenated alkanes) is 1. The third kappa shape index (κ3) is 6.38. The summed E-state index contributed by atoms with van der Waals surface area (Å²) in [5, 5.41) is 11.8. The van der Waals surface area contributed by atoms with Gasteiger partial charge in [-0.25, -0.2) is 0 Å². The van der Waals surface area contributed by atoms with E-state index in [2.05, 4.69) is 5.32 Å². The van der Waals surface area contributed by atoms with Crippen LogP contribution in [0, 0.1) is 6.92 Å². The van der Waals surface area contributed by atoms with Crippen molar-refractivity contribution >= 4 is 29.6 Å². The first-order valence-corrected chi connectivity index (χ1v) is 6.80. The van der Waals surface area contributed by atoms with Crippen molar-refractivity contribution < 1.29 is 14.7 Å². The van der Waals surface area contributed by atoms with E-state index in [0.29, 0.717) is 24.4 Å². The van der Waals surface area contributed by atoms with Crippen LogP contribution in [0.4, 0.5) is 0 Å². The number of benzene rings is 1. The molecule has 1 amide bonds. The number of aliphatic carboxylic acids is 1. The molecule has 1 aromatic carbocycles. The molecule has 0 aliphatic rings. The van der Waals surface area contributed by atoms with Gasteiger partial charge in [-0.05, 0) is 43.0 Å². The van der Waals surface area contributed by atoms with Gasteiger partial charge in [0.1, 0.15) is 0 Å². The van der Waals surface area contributed by atoms with Crippen LogP contribution in [-0.4, -0.2) is 23.5 Å². The summed E-state index contributed by atoms with van der Waals surface area (Å²) in [6, 6.07) is 5.58. The van der Waals surface area contributed by atoms with E-state index in [4.69, 9.17) is 16.7 Å². The maximum absolute atomic E-state index is 11.5. The van der Waals surface area contributed by atoms with Crippen LogP contribution in [0.15, 0.2) is 24.3 Å². The molecule has 2 N–H and O–H groups in total. The Bertz CT molecular complexity index is 512. The normalized spacial score (nSPS) is 10.7. The minimum Gasteiger partial charge on any atom is -0.481 e. The zero-order valence-electron chi connectivity index (χ0n) is 11.4. The maximum atomic E-state index is 11.5. The third-order valence-electron chi connectivity index (χ3n) is 2.74. The lowest BCUT2D eigenvalue weighted by Crippen LogP contribution is -2.22. The Morgan fingerprint density at radius 1 is 1.35 bits per heavy atom. The number of carbonyl (C=O) groups is 2. The Kier molecular flexibility index (Phi) is 6.81. The highest BCUT2D eigenvalue weighted by molar-refractivity contribution is 6.31. The minimum absolute atomic E-state index is 0.133. The summed E-state index contributed by atoms with van der Waals surface area (Å²) < 4.78 is 0. The van der Waals surface area contributed by atoms with Crippen LogP contribution in [0.5, 0.6) is 0 Å². The number of halogens is 1. The largest absolute Gasteiger partial charge is 0.481 e. The average Bonchev–Trinajstić information content (AvgIpc) is 2.39. The second kappa shape index (κ2) is 8.38. The molecule has 0 bridgehead atoms. The summed E-state index contributed by atoms with van der Waals surface area (Å²) in [5.41, 5.74) is 1.85. The number of carboxylic acids is 1. The van der Waals surface area contributed by atoms with Crippen LogP contribution in [0.2, 0.25) is 5.02 Å². The Hall–Kier alpha value is -1.81. The van der Waals surface area contributed by atoms with Gasteiger partial charge in [-0.15, -0.1) is 0 Å². The van der Waals surface area contributed by atoms with Crippen molar-refractivity contribution in [2.24, 2.45) is 0 Å². The van der Waals surface area contributed by atoms with Gasteiger partial charge in [0, 0.05) is 24.1 Å². The summed E-state index contributed by atoms with van der Waals surface area (Å²) in [6.07, 6.45) is 4.48. The van der Waals surface area contributed by atoms with Gasteiger partial charge in [0.05, 0.1) is 0 Å². The molecule has 0 radical (unpaired) electrons. The van der Waals surface area contributed by atoms with Gasteiger partial charge >= 0.3 is 5.97 Å². The second-order valence-corrected chi connectivity index (χ2v) is 4.89. The van der Waals surface area contributed by atoms with Crippen LogP contribution in [-0.2, 0) is 9.59 Å². The molecule has 0 fully saturated rings. The fourth-order valence-electron chi connectivity index (χ4n) is 1.56. The minimum atomic E-state index is -0.813. The molecule has 0 saturated carbocycles. The molecule has 0 atom stereocenters. The molecule has 4 nitrogen and oxygen atoms in total. The first kappa shape index (κ1) is 16.2. The number of carbonyl (C=O) groups excluding carboxylic acids is 1. The van der Waals surface area contributed by atoms with Crippen LogP contribution < -0.4 is 5.32 Å². The highest BCUT2D eigenvalue weighted by Gasteiger charge is 1.99. The van der Waals surface area contributed by atoms with Crippen molar-refractivity contribution in [2.75, 3.05) is 6.54 Å². The van der Waals surface area contributed by atoms with Gasteiger partial charge in [-0.2, -0.15) is 0 Å². The number of hydrogen-bond donors (Lipinski definition) is 2. The monoisotopic (exact) mass is 295 g/mol. The van der Waals surface area contributed by atoms with Crippen LogP contribution in [0.3, 0.4) is 0 Å². The van der Waals surface area contributed by atoms with Crippen molar-refractivity contribution in [3.8, 4) is 0 Å². The van der Waals surface area contributed by atoms with Crippen molar-refractivity contribution in [1.29, 1.82) is 0 Å². The second-order valence-electron chi connectivity index (χ2n) is 4.48. The number of hydrogen-bond acceptors (Lipinski definition) is 2. The van der Waals surface area contributed by atoms with Gasteiger partial charge in [-0.3, -0.25) is 9.59 Å². The van der Waals surface area contributed by atoms with Gasteiger partial charge in [0.2, 0.25) is 5.91 Å². The van der Waals surface area contributed by atoms with Crippen LogP contribution >= 0.6 is 11.6 Å². The first-order valence-electron chi connectivity index (χ1n) is 6.43. The zero-order valence-corrected chi connectivity index (χ0v) is 12.1. The predicted octanol–water partition coefficient (Wildman–Crippen LogP) is 3.03. The van der Waals surface area contributed by atoms with E-state index in [1.807, 2.05) is 19.1 Å². The van der Waals surface area contributed by atoms with E-state index in [1.54, 1.807) is 12.1 Å². The molecular formula is C15H18ClNO3. The molecule has 5 heteroatoms. The molecule has 0 unspecified atom stereocenters. The molecule has 1 rings (SSSR count). The predicted molar refractivity (Wildman–Crippen MR) is 79.7 cm³/mol. The Labute approximate surface area is 123 Å². The molecule has 0 aliphatic carbocycles. The van der Waals surface area contributed by atoms with Gasteiger partial charge < -0.3 is 10.4 Å². The third-order valence-corrected chi connectivity index (χ3v) is 3.15.